The summed E-state index contributed by atoms with van der Waals surface area (Å²) in [5.41, 5.74) is 2.27. The molecular weight excluding hydrogens is 338 g/mol. The van der Waals surface area contributed by atoms with E-state index in [2.05, 4.69) is 27.2 Å². The highest BCUT2D eigenvalue weighted by molar-refractivity contribution is 5.88. The Morgan fingerprint density at radius 3 is 2.11 bits per heavy atom. The number of nitrogens with one attached hydrogen (secondary N) is 1. The number of anilines is 1. The molecule has 1 atom stereocenters. The normalized spacial score (nSPS) is 16.0. The van der Waals surface area contributed by atoms with E-state index in [-0.39, 0.29) is 11.7 Å². The fraction of sp³-hybridized carbons (Fsp3) is 0.364. The van der Waals surface area contributed by atoms with Gasteiger partial charge in [0.2, 0.25) is 5.91 Å². The Bertz CT molecular complexity index is 741. The highest BCUT2D eigenvalue weighted by Gasteiger charge is 2.22. The lowest BCUT2D eigenvalue weighted by Gasteiger charge is -2.35. The molecule has 1 amide bonds. The van der Waals surface area contributed by atoms with Crippen molar-refractivity contribution in [3.05, 3.63) is 66.2 Å². The summed E-state index contributed by atoms with van der Waals surface area (Å²) in [6.07, 6.45) is 0.531. The largest absolute Gasteiger partial charge is 0.369 e. The van der Waals surface area contributed by atoms with Gasteiger partial charge in [0.1, 0.15) is 0 Å². The van der Waals surface area contributed by atoms with Gasteiger partial charge in [0.05, 0.1) is 12.6 Å². The van der Waals surface area contributed by atoms with Crippen molar-refractivity contribution in [2.24, 2.45) is 0 Å². The third-order valence-corrected chi connectivity index (χ3v) is 4.97. The van der Waals surface area contributed by atoms with Crippen molar-refractivity contribution in [2.45, 2.75) is 19.4 Å². The number of piperazine rings is 1. The van der Waals surface area contributed by atoms with Gasteiger partial charge in [0, 0.05) is 31.9 Å². The number of carbonyl (C=O) groups is 2. The summed E-state index contributed by atoms with van der Waals surface area (Å²) in [6, 6.07) is 19.7. The van der Waals surface area contributed by atoms with Crippen LogP contribution in [0.25, 0.3) is 0 Å². The third kappa shape index (κ3) is 5.66. The molecule has 0 aromatic heterocycles. The molecule has 1 heterocycles. The minimum Gasteiger partial charge on any atom is -0.369 e. The van der Waals surface area contributed by atoms with Crippen LogP contribution >= 0.6 is 0 Å². The third-order valence-electron chi connectivity index (χ3n) is 4.97. The van der Waals surface area contributed by atoms with Gasteiger partial charge in [-0.3, -0.25) is 14.5 Å². The molecule has 0 unspecified atom stereocenters. The van der Waals surface area contributed by atoms with Crippen molar-refractivity contribution in [3.63, 3.8) is 0 Å². The van der Waals surface area contributed by atoms with E-state index in [0.717, 1.165) is 31.7 Å². The molecule has 3 rings (SSSR count). The van der Waals surface area contributed by atoms with Crippen LogP contribution < -0.4 is 10.2 Å². The summed E-state index contributed by atoms with van der Waals surface area (Å²) >= 11 is 0. The lowest BCUT2D eigenvalue weighted by Crippen LogP contribution is -2.51. The van der Waals surface area contributed by atoms with E-state index in [9.17, 15) is 9.59 Å². The number of nitrogens with zero attached hydrogens (tertiary/aromatic N) is 2. The molecule has 1 aliphatic heterocycles. The molecule has 142 valence electrons. The fourth-order valence-corrected chi connectivity index (χ4v) is 3.39. The van der Waals surface area contributed by atoms with E-state index in [1.807, 2.05) is 48.5 Å². The van der Waals surface area contributed by atoms with E-state index < -0.39 is 6.04 Å². The quantitative estimate of drug-likeness (QED) is 0.817. The van der Waals surface area contributed by atoms with E-state index in [0.29, 0.717) is 13.0 Å². The van der Waals surface area contributed by atoms with E-state index >= 15 is 0 Å². The molecule has 1 saturated heterocycles. The molecular formula is C22H27N3O2. The Kier molecular flexibility index (Phi) is 6.60. The van der Waals surface area contributed by atoms with Crippen molar-refractivity contribution in [3.8, 4) is 0 Å². The van der Waals surface area contributed by atoms with Crippen LogP contribution in [0.1, 0.15) is 12.5 Å². The van der Waals surface area contributed by atoms with Crippen molar-refractivity contribution < 1.29 is 9.59 Å². The zero-order valence-corrected chi connectivity index (χ0v) is 15.8. The first-order valence-corrected chi connectivity index (χ1v) is 9.48. The first kappa shape index (κ1) is 19.1. The minimum atomic E-state index is -0.467. The van der Waals surface area contributed by atoms with Crippen LogP contribution in [0.4, 0.5) is 5.69 Å². The van der Waals surface area contributed by atoms with Crippen molar-refractivity contribution in [1.82, 2.24) is 10.2 Å². The molecule has 1 N–H and O–H groups in total. The van der Waals surface area contributed by atoms with Gasteiger partial charge >= 0.3 is 0 Å². The lowest BCUT2D eigenvalue weighted by molar-refractivity contribution is -0.127. The predicted molar refractivity (Wildman–Crippen MR) is 108 cm³/mol. The van der Waals surface area contributed by atoms with Gasteiger partial charge < -0.3 is 10.2 Å². The molecule has 0 saturated carbocycles. The summed E-state index contributed by atoms with van der Waals surface area (Å²) in [6.45, 7) is 5.35. The zero-order chi connectivity index (χ0) is 19.1. The Balaban J connectivity index is 1.48. The average Bonchev–Trinajstić information content (AvgIpc) is 2.69. The second kappa shape index (κ2) is 9.33. The Morgan fingerprint density at radius 1 is 0.926 bits per heavy atom. The zero-order valence-electron chi connectivity index (χ0n) is 15.8. The number of rotatable bonds is 7. The maximum Gasteiger partial charge on any atom is 0.234 e. The molecule has 5 heteroatoms. The molecule has 1 fully saturated rings. The van der Waals surface area contributed by atoms with Crippen LogP contribution in [0.2, 0.25) is 0 Å². The number of carbonyl (C=O) groups excluding carboxylic acids is 2. The Hall–Kier alpha value is -2.66. The van der Waals surface area contributed by atoms with Gasteiger partial charge in [0.15, 0.2) is 5.78 Å². The van der Waals surface area contributed by atoms with E-state index in [1.54, 1.807) is 0 Å². The molecule has 0 spiro atoms. The molecule has 0 aliphatic carbocycles. The van der Waals surface area contributed by atoms with Crippen LogP contribution in [0.15, 0.2) is 60.7 Å². The van der Waals surface area contributed by atoms with Gasteiger partial charge in [-0.05, 0) is 31.0 Å². The molecule has 5 nitrogen and oxygen atoms in total. The van der Waals surface area contributed by atoms with Gasteiger partial charge in [-0.1, -0.05) is 48.5 Å². The van der Waals surface area contributed by atoms with E-state index in [4.69, 9.17) is 0 Å². The Morgan fingerprint density at radius 2 is 1.52 bits per heavy atom. The topological polar surface area (TPSA) is 52.7 Å². The average molecular weight is 365 g/mol. The standard InChI is InChI=1S/C22H27N3O2/c1-18(26)21(16-19-8-4-2-5-9-19)23-22(27)17-24-12-14-25(15-13-24)20-10-6-3-7-11-20/h2-11,21H,12-17H2,1H3,(H,23,27)/t21-/m0/s1. The summed E-state index contributed by atoms with van der Waals surface area (Å²) in [5, 5.41) is 2.91. The number of hydrogen-bond acceptors (Lipinski definition) is 4. The van der Waals surface area contributed by atoms with Gasteiger partial charge in [-0.2, -0.15) is 0 Å². The maximum atomic E-state index is 12.4. The summed E-state index contributed by atoms with van der Waals surface area (Å²) in [5.74, 6) is -0.0969. The number of ketones is 1. The van der Waals surface area contributed by atoms with Crippen molar-refractivity contribution in [1.29, 1.82) is 0 Å². The summed E-state index contributed by atoms with van der Waals surface area (Å²) in [4.78, 5) is 28.9. The SMILES string of the molecule is CC(=O)[C@H](Cc1ccccc1)NC(=O)CN1CCN(c2ccccc2)CC1. The van der Waals surface area contributed by atoms with Gasteiger partial charge in [-0.25, -0.2) is 0 Å². The summed E-state index contributed by atoms with van der Waals surface area (Å²) in [7, 11) is 0. The molecule has 2 aromatic rings. The number of para-hydroxylation sites is 1. The van der Waals surface area contributed by atoms with Crippen molar-refractivity contribution in [2.75, 3.05) is 37.6 Å². The van der Waals surface area contributed by atoms with Crippen LogP contribution in [0, 0.1) is 0 Å². The smallest absolute Gasteiger partial charge is 0.234 e. The van der Waals surface area contributed by atoms with Gasteiger partial charge in [-0.15, -0.1) is 0 Å². The van der Waals surface area contributed by atoms with Crippen LogP contribution in [0.3, 0.4) is 0 Å². The highest BCUT2D eigenvalue weighted by Crippen LogP contribution is 2.15. The molecule has 0 bridgehead atoms. The van der Waals surface area contributed by atoms with Crippen LogP contribution in [0.5, 0.6) is 0 Å². The van der Waals surface area contributed by atoms with Crippen LogP contribution in [-0.2, 0) is 16.0 Å². The highest BCUT2D eigenvalue weighted by atomic mass is 16.2. The molecule has 27 heavy (non-hydrogen) atoms. The number of hydrogen-bond donors (Lipinski definition) is 1. The Labute approximate surface area is 161 Å². The second-order valence-electron chi connectivity index (χ2n) is 7.02. The number of Topliss-reactive ketones (excluding diaryl/α,β-unsaturated/α-hetero) is 1. The van der Waals surface area contributed by atoms with Crippen molar-refractivity contribution >= 4 is 17.4 Å². The molecule has 2 aromatic carbocycles. The first-order chi connectivity index (χ1) is 13.1. The molecule has 1 aliphatic rings. The number of amides is 1. The predicted octanol–water partition coefficient (Wildman–Crippen LogP) is 2.13. The molecule has 0 radical (unpaired) electrons. The lowest BCUT2D eigenvalue weighted by atomic mass is 10.0. The maximum absolute atomic E-state index is 12.4. The van der Waals surface area contributed by atoms with Crippen LogP contribution in [-0.4, -0.2) is 55.4 Å². The minimum absolute atomic E-state index is 0.0129. The monoisotopic (exact) mass is 365 g/mol. The van der Waals surface area contributed by atoms with Gasteiger partial charge in [0.25, 0.3) is 0 Å². The second-order valence-corrected chi connectivity index (χ2v) is 7.02. The summed E-state index contributed by atoms with van der Waals surface area (Å²) < 4.78 is 0. The fourth-order valence-electron chi connectivity index (χ4n) is 3.39. The van der Waals surface area contributed by atoms with E-state index in [1.165, 1.54) is 12.6 Å². The number of benzene rings is 2. The first-order valence-electron chi connectivity index (χ1n) is 9.48.